The van der Waals surface area contributed by atoms with Gasteiger partial charge in [0, 0.05) is 32.3 Å². The van der Waals surface area contributed by atoms with Crippen molar-refractivity contribution in [2.45, 2.75) is 38.6 Å². The molecule has 0 radical (unpaired) electrons. The number of hydrogen-bond acceptors (Lipinski definition) is 3. The zero-order chi connectivity index (χ0) is 10.1. The van der Waals surface area contributed by atoms with Crippen LogP contribution < -0.4 is 10.6 Å². The predicted molar refractivity (Wildman–Crippen MR) is 59.6 cm³/mol. The Bertz CT molecular complexity index is 124. The summed E-state index contributed by atoms with van der Waals surface area (Å²) in [6, 6.07) is 0.523. The number of unbranched alkanes of at least 4 members (excludes halogenated alkanes) is 3. The maximum atomic E-state index is 5.62. The zero-order valence-corrected chi connectivity index (χ0v) is 9.35. The van der Waals surface area contributed by atoms with Crippen molar-refractivity contribution < 1.29 is 4.74 Å². The molecule has 0 saturated carbocycles. The van der Waals surface area contributed by atoms with Crippen LogP contribution >= 0.6 is 0 Å². The van der Waals surface area contributed by atoms with E-state index in [0.29, 0.717) is 6.04 Å². The van der Waals surface area contributed by atoms with Crippen LogP contribution in [-0.4, -0.2) is 38.9 Å². The molecule has 3 nitrogen and oxygen atoms in total. The van der Waals surface area contributed by atoms with Gasteiger partial charge in [-0.25, -0.2) is 0 Å². The molecule has 1 rings (SSSR count). The van der Waals surface area contributed by atoms with Crippen molar-refractivity contribution in [2.75, 3.05) is 32.8 Å². The summed E-state index contributed by atoms with van der Waals surface area (Å²) in [5.41, 5.74) is 0. The number of hydrogen-bond donors (Lipinski definition) is 2. The fourth-order valence-corrected chi connectivity index (χ4v) is 1.69. The minimum Gasteiger partial charge on any atom is -0.380 e. The highest BCUT2D eigenvalue weighted by Crippen LogP contribution is 1.99. The molecule has 1 saturated heterocycles. The quantitative estimate of drug-likeness (QED) is 0.605. The van der Waals surface area contributed by atoms with Crippen LogP contribution in [0.2, 0.25) is 0 Å². The summed E-state index contributed by atoms with van der Waals surface area (Å²) in [7, 11) is 0. The molecule has 0 spiro atoms. The van der Waals surface area contributed by atoms with Crippen LogP contribution in [0.15, 0.2) is 0 Å². The summed E-state index contributed by atoms with van der Waals surface area (Å²) in [5.74, 6) is 0. The van der Waals surface area contributed by atoms with Crippen LogP contribution in [0.5, 0.6) is 0 Å². The van der Waals surface area contributed by atoms with Crippen molar-refractivity contribution in [2.24, 2.45) is 0 Å². The molecule has 3 heteroatoms. The molecule has 0 amide bonds. The Hall–Kier alpha value is -0.120. The van der Waals surface area contributed by atoms with Crippen molar-refractivity contribution >= 4 is 0 Å². The Morgan fingerprint density at radius 2 is 2.14 bits per heavy atom. The normalized spacial score (nSPS) is 22.5. The molecule has 0 aromatic heterocycles. The number of piperazine rings is 1. The van der Waals surface area contributed by atoms with Gasteiger partial charge in [-0.15, -0.1) is 0 Å². The van der Waals surface area contributed by atoms with Crippen LogP contribution in [0.1, 0.15) is 32.6 Å². The molecule has 0 aromatic carbocycles. The minimum atomic E-state index is 0.523. The summed E-state index contributed by atoms with van der Waals surface area (Å²) in [4.78, 5) is 0. The summed E-state index contributed by atoms with van der Waals surface area (Å²) in [5, 5.41) is 6.79. The Labute approximate surface area is 87.6 Å². The molecule has 0 bridgehead atoms. The fraction of sp³-hybridized carbons (Fsp3) is 1.00. The van der Waals surface area contributed by atoms with Gasteiger partial charge in [-0.05, 0) is 6.42 Å². The van der Waals surface area contributed by atoms with E-state index in [1.807, 2.05) is 0 Å². The Balaban J connectivity index is 1.82. The molecular formula is C11H24N2O. The fourth-order valence-electron chi connectivity index (χ4n) is 1.69. The first-order valence-corrected chi connectivity index (χ1v) is 5.95. The third-order valence-electron chi connectivity index (χ3n) is 2.59. The molecule has 1 atom stereocenters. The monoisotopic (exact) mass is 200 g/mol. The number of rotatable bonds is 7. The molecule has 1 aliphatic rings. The van der Waals surface area contributed by atoms with Gasteiger partial charge in [-0.3, -0.25) is 0 Å². The van der Waals surface area contributed by atoms with Gasteiger partial charge in [0.05, 0.1) is 6.61 Å². The second kappa shape index (κ2) is 8.21. The number of nitrogens with one attached hydrogen (secondary N) is 2. The van der Waals surface area contributed by atoms with Gasteiger partial charge < -0.3 is 15.4 Å². The highest BCUT2D eigenvalue weighted by Gasteiger charge is 2.10. The van der Waals surface area contributed by atoms with Gasteiger partial charge in [-0.1, -0.05) is 26.2 Å². The van der Waals surface area contributed by atoms with E-state index in [0.717, 1.165) is 32.8 Å². The van der Waals surface area contributed by atoms with Gasteiger partial charge in [0.25, 0.3) is 0 Å². The average Bonchev–Trinajstić information content (AvgIpc) is 2.25. The van der Waals surface area contributed by atoms with Crippen molar-refractivity contribution in [3.8, 4) is 0 Å². The van der Waals surface area contributed by atoms with Crippen LogP contribution in [0, 0.1) is 0 Å². The number of ether oxygens (including phenoxy) is 1. The topological polar surface area (TPSA) is 33.3 Å². The smallest absolute Gasteiger partial charge is 0.0632 e. The minimum absolute atomic E-state index is 0.523. The standard InChI is InChI=1S/C11H24N2O/c1-2-3-4-5-8-14-10-11-9-12-6-7-13-11/h11-13H,2-10H2,1H3/t11-/m1/s1. The molecule has 1 fully saturated rings. The van der Waals surface area contributed by atoms with Crippen molar-refractivity contribution in [1.29, 1.82) is 0 Å². The van der Waals surface area contributed by atoms with Crippen molar-refractivity contribution in [1.82, 2.24) is 10.6 Å². The summed E-state index contributed by atoms with van der Waals surface area (Å²) in [6.45, 7) is 7.24. The average molecular weight is 200 g/mol. The third kappa shape index (κ3) is 5.58. The van der Waals surface area contributed by atoms with E-state index in [1.165, 1.54) is 25.7 Å². The second-order valence-corrected chi connectivity index (χ2v) is 3.99. The maximum Gasteiger partial charge on any atom is 0.0632 e. The Morgan fingerprint density at radius 3 is 2.86 bits per heavy atom. The molecule has 0 unspecified atom stereocenters. The molecule has 2 N–H and O–H groups in total. The largest absolute Gasteiger partial charge is 0.380 e. The maximum absolute atomic E-state index is 5.62. The van der Waals surface area contributed by atoms with Crippen LogP contribution in [-0.2, 0) is 4.74 Å². The highest BCUT2D eigenvalue weighted by molar-refractivity contribution is 4.74. The first-order valence-electron chi connectivity index (χ1n) is 5.95. The van der Waals surface area contributed by atoms with Gasteiger partial charge in [0.1, 0.15) is 0 Å². The lowest BCUT2D eigenvalue weighted by Gasteiger charge is -2.24. The lowest BCUT2D eigenvalue weighted by Crippen LogP contribution is -2.50. The SMILES string of the molecule is CCCCCCOC[C@H]1CNCCN1. The summed E-state index contributed by atoms with van der Waals surface area (Å²) in [6.07, 6.45) is 5.17. The van der Waals surface area contributed by atoms with E-state index in [9.17, 15) is 0 Å². The van der Waals surface area contributed by atoms with E-state index in [-0.39, 0.29) is 0 Å². The van der Waals surface area contributed by atoms with Crippen molar-refractivity contribution in [3.63, 3.8) is 0 Å². The van der Waals surface area contributed by atoms with E-state index < -0.39 is 0 Å². The summed E-state index contributed by atoms with van der Waals surface area (Å²) < 4.78 is 5.62. The molecule has 0 aliphatic carbocycles. The Morgan fingerprint density at radius 1 is 1.21 bits per heavy atom. The zero-order valence-electron chi connectivity index (χ0n) is 9.35. The molecule has 0 aromatic rings. The van der Waals surface area contributed by atoms with E-state index in [1.54, 1.807) is 0 Å². The third-order valence-corrected chi connectivity index (χ3v) is 2.59. The highest BCUT2D eigenvalue weighted by atomic mass is 16.5. The molecule has 14 heavy (non-hydrogen) atoms. The van der Waals surface area contributed by atoms with Gasteiger partial charge in [0.15, 0.2) is 0 Å². The lowest BCUT2D eigenvalue weighted by molar-refractivity contribution is 0.103. The van der Waals surface area contributed by atoms with E-state index >= 15 is 0 Å². The Kier molecular flexibility index (Phi) is 7.01. The lowest BCUT2D eigenvalue weighted by atomic mass is 10.2. The molecular weight excluding hydrogens is 176 g/mol. The van der Waals surface area contributed by atoms with Crippen LogP contribution in [0.3, 0.4) is 0 Å². The van der Waals surface area contributed by atoms with Gasteiger partial charge in [0.2, 0.25) is 0 Å². The molecule has 1 aliphatic heterocycles. The molecule has 1 heterocycles. The second-order valence-electron chi connectivity index (χ2n) is 3.99. The summed E-state index contributed by atoms with van der Waals surface area (Å²) >= 11 is 0. The van der Waals surface area contributed by atoms with Gasteiger partial charge >= 0.3 is 0 Å². The molecule has 84 valence electrons. The van der Waals surface area contributed by atoms with Crippen molar-refractivity contribution in [3.05, 3.63) is 0 Å². The van der Waals surface area contributed by atoms with Crippen LogP contribution in [0.4, 0.5) is 0 Å². The first-order chi connectivity index (χ1) is 6.93. The first kappa shape index (κ1) is 12.0. The van der Waals surface area contributed by atoms with E-state index in [2.05, 4.69) is 17.6 Å². The van der Waals surface area contributed by atoms with Crippen LogP contribution in [0.25, 0.3) is 0 Å². The van der Waals surface area contributed by atoms with Gasteiger partial charge in [-0.2, -0.15) is 0 Å². The van der Waals surface area contributed by atoms with E-state index in [4.69, 9.17) is 4.74 Å². The predicted octanol–water partition coefficient (Wildman–Crippen LogP) is 1.14.